The van der Waals surface area contributed by atoms with Gasteiger partial charge in [-0.2, -0.15) is 0 Å². The zero-order chi connectivity index (χ0) is 23.8. The third-order valence-corrected chi connectivity index (χ3v) is 6.36. The molecule has 0 aliphatic carbocycles. The van der Waals surface area contributed by atoms with Gasteiger partial charge in [0, 0.05) is 32.7 Å². The number of ether oxygens (including phenoxy) is 1. The van der Waals surface area contributed by atoms with Gasteiger partial charge in [0.2, 0.25) is 0 Å². The van der Waals surface area contributed by atoms with Crippen molar-refractivity contribution in [3.8, 4) is 5.75 Å². The average Bonchev–Trinajstić information content (AvgIpc) is 3.24. The van der Waals surface area contributed by atoms with E-state index in [0.29, 0.717) is 18.8 Å². The number of hydrogen-bond donors (Lipinski definition) is 1. The van der Waals surface area contributed by atoms with E-state index in [-0.39, 0.29) is 5.91 Å². The number of hydrogen-bond acceptors (Lipinski definition) is 6. The molecular formula is C26H34N6O2. The van der Waals surface area contributed by atoms with E-state index in [1.54, 1.807) is 11.8 Å². The fourth-order valence-electron chi connectivity index (χ4n) is 4.33. The summed E-state index contributed by atoms with van der Waals surface area (Å²) in [6.07, 6.45) is 1.99. The van der Waals surface area contributed by atoms with Crippen molar-refractivity contribution in [1.29, 1.82) is 0 Å². The topological polar surface area (TPSA) is 75.5 Å². The number of rotatable bonds is 10. The maximum atomic E-state index is 12.6. The minimum absolute atomic E-state index is 0.151. The highest BCUT2D eigenvalue weighted by Crippen LogP contribution is 2.28. The van der Waals surface area contributed by atoms with E-state index in [4.69, 9.17) is 4.74 Å². The molecule has 0 spiro atoms. The smallest absolute Gasteiger partial charge is 0.273 e. The van der Waals surface area contributed by atoms with Crippen LogP contribution < -0.4 is 15.0 Å². The predicted molar refractivity (Wildman–Crippen MR) is 134 cm³/mol. The van der Waals surface area contributed by atoms with Crippen LogP contribution in [0.15, 0.2) is 54.6 Å². The van der Waals surface area contributed by atoms with Gasteiger partial charge in [0.1, 0.15) is 5.75 Å². The molecule has 3 aromatic rings. The van der Waals surface area contributed by atoms with Gasteiger partial charge in [-0.15, -0.1) is 5.10 Å². The van der Waals surface area contributed by atoms with Gasteiger partial charge in [-0.05, 0) is 44.0 Å². The van der Waals surface area contributed by atoms with Gasteiger partial charge < -0.3 is 15.0 Å². The molecule has 0 unspecified atom stereocenters. The minimum Gasteiger partial charge on any atom is -0.495 e. The van der Waals surface area contributed by atoms with Crippen LogP contribution in [0, 0.1) is 6.92 Å². The van der Waals surface area contributed by atoms with E-state index in [2.05, 4.69) is 37.6 Å². The number of carbonyl (C=O) groups is 1. The summed E-state index contributed by atoms with van der Waals surface area (Å²) in [5, 5.41) is 11.3. The van der Waals surface area contributed by atoms with Crippen molar-refractivity contribution in [2.24, 2.45) is 0 Å². The average molecular weight is 463 g/mol. The summed E-state index contributed by atoms with van der Waals surface area (Å²) < 4.78 is 7.28. The van der Waals surface area contributed by atoms with Crippen LogP contribution in [0.3, 0.4) is 0 Å². The van der Waals surface area contributed by atoms with E-state index < -0.39 is 0 Å². The van der Waals surface area contributed by atoms with E-state index in [1.807, 2.05) is 49.4 Å². The highest BCUT2D eigenvalue weighted by molar-refractivity contribution is 5.93. The number of unbranched alkanes of at least 4 members (excludes halogenated alkanes) is 1. The molecule has 8 nitrogen and oxygen atoms in total. The Morgan fingerprint density at radius 2 is 1.74 bits per heavy atom. The lowest BCUT2D eigenvalue weighted by atomic mass is 10.2. The molecule has 1 saturated heterocycles. The highest BCUT2D eigenvalue weighted by Gasteiger charge is 2.19. The lowest BCUT2D eigenvalue weighted by Crippen LogP contribution is -2.46. The van der Waals surface area contributed by atoms with Gasteiger partial charge in [0.25, 0.3) is 5.91 Å². The second kappa shape index (κ2) is 11.7. The molecule has 180 valence electrons. The Morgan fingerprint density at radius 1 is 1.00 bits per heavy atom. The monoisotopic (exact) mass is 462 g/mol. The second-order valence-electron chi connectivity index (χ2n) is 8.63. The first kappa shape index (κ1) is 23.8. The van der Waals surface area contributed by atoms with Gasteiger partial charge in [0.05, 0.1) is 25.0 Å². The van der Waals surface area contributed by atoms with E-state index in [9.17, 15) is 4.79 Å². The van der Waals surface area contributed by atoms with Gasteiger partial charge in [-0.3, -0.25) is 9.69 Å². The SMILES string of the molecule is COc1ccccc1N1CCN(CCCCNC(=O)c2nnn(Cc3ccccc3)c2C)CC1. The first-order valence-corrected chi connectivity index (χ1v) is 12.0. The van der Waals surface area contributed by atoms with Crippen molar-refractivity contribution in [2.45, 2.75) is 26.3 Å². The van der Waals surface area contributed by atoms with Gasteiger partial charge in [-0.1, -0.05) is 47.7 Å². The molecule has 34 heavy (non-hydrogen) atoms. The van der Waals surface area contributed by atoms with Gasteiger partial charge in [-0.25, -0.2) is 4.68 Å². The predicted octanol–water partition coefficient (Wildman–Crippen LogP) is 2.98. The van der Waals surface area contributed by atoms with Crippen molar-refractivity contribution < 1.29 is 9.53 Å². The molecule has 0 saturated carbocycles. The third-order valence-electron chi connectivity index (χ3n) is 6.36. The third kappa shape index (κ3) is 5.94. The Balaban J connectivity index is 1.15. The zero-order valence-corrected chi connectivity index (χ0v) is 20.1. The van der Waals surface area contributed by atoms with Crippen molar-refractivity contribution in [1.82, 2.24) is 25.2 Å². The normalized spacial score (nSPS) is 14.2. The van der Waals surface area contributed by atoms with Gasteiger partial charge in [0.15, 0.2) is 5.69 Å². The zero-order valence-electron chi connectivity index (χ0n) is 20.1. The molecule has 0 bridgehead atoms. The van der Waals surface area contributed by atoms with Crippen LogP contribution in [0.5, 0.6) is 5.75 Å². The number of piperazine rings is 1. The number of benzene rings is 2. The standard InChI is InChI=1S/C26H34N6O2/c1-21-25(28-29-32(21)20-22-10-4-3-5-11-22)26(33)27-14-8-9-15-30-16-18-31(19-17-30)23-12-6-7-13-24(23)34-2/h3-7,10-13H,8-9,14-20H2,1-2H3,(H,27,33). The Morgan fingerprint density at radius 3 is 2.50 bits per heavy atom. The number of para-hydroxylation sites is 2. The Labute approximate surface area is 201 Å². The molecule has 1 fully saturated rings. The summed E-state index contributed by atoms with van der Waals surface area (Å²) in [4.78, 5) is 17.5. The van der Waals surface area contributed by atoms with Crippen LogP contribution in [-0.2, 0) is 6.54 Å². The van der Waals surface area contributed by atoms with Crippen LogP contribution in [0.4, 0.5) is 5.69 Å². The summed E-state index contributed by atoms with van der Waals surface area (Å²) in [5.41, 5.74) is 3.49. The molecule has 1 aliphatic rings. The molecule has 4 rings (SSSR count). The summed E-state index contributed by atoms with van der Waals surface area (Å²) in [7, 11) is 1.72. The Hall–Kier alpha value is -3.39. The van der Waals surface area contributed by atoms with E-state index >= 15 is 0 Å². The number of nitrogens with zero attached hydrogens (tertiary/aromatic N) is 5. The first-order chi connectivity index (χ1) is 16.7. The lowest BCUT2D eigenvalue weighted by Gasteiger charge is -2.36. The number of anilines is 1. The summed E-state index contributed by atoms with van der Waals surface area (Å²) in [5.74, 6) is 0.782. The van der Waals surface area contributed by atoms with Crippen LogP contribution >= 0.6 is 0 Å². The molecule has 1 aromatic heterocycles. The number of methoxy groups -OCH3 is 1. The molecule has 8 heteroatoms. The number of aromatic nitrogens is 3. The summed E-state index contributed by atoms with van der Waals surface area (Å²) in [6.45, 7) is 8.25. The second-order valence-corrected chi connectivity index (χ2v) is 8.63. The minimum atomic E-state index is -0.151. The van der Waals surface area contributed by atoms with Crippen LogP contribution in [0.25, 0.3) is 0 Å². The maximum Gasteiger partial charge on any atom is 0.273 e. The fourth-order valence-corrected chi connectivity index (χ4v) is 4.33. The van der Waals surface area contributed by atoms with Crippen molar-refractivity contribution in [3.05, 3.63) is 71.5 Å². The number of amides is 1. The molecule has 2 aromatic carbocycles. The first-order valence-electron chi connectivity index (χ1n) is 12.0. The molecule has 0 atom stereocenters. The van der Waals surface area contributed by atoms with Crippen LogP contribution in [0.1, 0.15) is 34.6 Å². The van der Waals surface area contributed by atoms with Crippen LogP contribution in [-0.4, -0.2) is 72.2 Å². The summed E-state index contributed by atoms with van der Waals surface area (Å²) in [6, 6.07) is 18.3. The Bertz CT molecular complexity index is 1060. The highest BCUT2D eigenvalue weighted by atomic mass is 16.5. The fraction of sp³-hybridized carbons (Fsp3) is 0.423. The Kier molecular flexibility index (Phi) is 8.14. The van der Waals surface area contributed by atoms with E-state index in [0.717, 1.165) is 62.6 Å². The molecule has 1 amide bonds. The van der Waals surface area contributed by atoms with Crippen molar-refractivity contribution in [2.75, 3.05) is 51.3 Å². The molecule has 1 N–H and O–H groups in total. The maximum absolute atomic E-state index is 12.6. The number of carbonyl (C=O) groups excluding carboxylic acids is 1. The van der Waals surface area contributed by atoms with Crippen LogP contribution in [0.2, 0.25) is 0 Å². The molecular weight excluding hydrogens is 428 g/mol. The largest absolute Gasteiger partial charge is 0.495 e. The molecule has 1 aliphatic heterocycles. The quantitative estimate of drug-likeness (QED) is 0.467. The molecule has 0 radical (unpaired) electrons. The lowest BCUT2D eigenvalue weighted by molar-refractivity contribution is 0.0946. The van der Waals surface area contributed by atoms with E-state index in [1.165, 1.54) is 5.69 Å². The van der Waals surface area contributed by atoms with Crippen molar-refractivity contribution >= 4 is 11.6 Å². The summed E-state index contributed by atoms with van der Waals surface area (Å²) >= 11 is 0. The number of nitrogens with one attached hydrogen (secondary N) is 1. The van der Waals surface area contributed by atoms with Crippen molar-refractivity contribution in [3.63, 3.8) is 0 Å². The molecule has 2 heterocycles. The van der Waals surface area contributed by atoms with Gasteiger partial charge >= 0.3 is 0 Å².